The molecule has 0 atom stereocenters. The molecule has 0 unspecified atom stereocenters. The Balaban J connectivity index is 2.38. The van der Waals surface area contributed by atoms with Crippen LogP contribution < -0.4 is 0 Å². The molecule has 0 spiro atoms. The standard InChI is InChI=1S/C17H10F3NO/c18-17(19,20)15-8-4-7-13(10-15)16(22)14(11-21)9-12-5-2-1-3-6-12/h1-10H/b14-9+. The molecule has 2 aromatic rings. The van der Waals surface area contributed by atoms with Crippen LogP contribution >= 0.6 is 0 Å². The van der Waals surface area contributed by atoms with Crippen molar-refractivity contribution in [1.82, 2.24) is 0 Å². The third-order valence-electron chi connectivity index (χ3n) is 2.93. The van der Waals surface area contributed by atoms with Crippen LogP contribution in [0.4, 0.5) is 13.2 Å². The highest BCUT2D eigenvalue weighted by Crippen LogP contribution is 2.30. The fourth-order valence-electron chi connectivity index (χ4n) is 1.86. The third kappa shape index (κ3) is 3.61. The molecule has 110 valence electrons. The highest BCUT2D eigenvalue weighted by atomic mass is 19.4. The SMILES string of the molecule is N#C/C(=C\c1ccccc1)C(=O)c1cccc(C(F)(F)F)c1. The molecule has 2 rings (SSSR count). The van der Waals surface area contributed by atoms with Crippen molar-refractivity contribution >= 4 is 11.9 Å². The second kappa shape index (κ2) is 6.27. The lowest BCUT2D eigenvalue weighted by Gasteiger charge is -2.07. The maximum Gasteiger partial charge on any atom is 0.416 e. The van der Waals surface area contributed by atoms with Gasteiger partial charge in [0.05, 0.1) is 5.56 Å². The summed E-state index contributed by atoms with van der Waals surface area (Å²) in [7, 11) is 0. The average Bonchev–Trinajstić information content (AvgIpc) is 2.52. The van der Waals surface area contributed by atoms with E-state index in [1.807, 2.05) is 0 Å². The molecule has 0 saturated heterocycles. The van der Waals surface area contributed by atoms with E-state index in [9.17, 15) is 18.0 Å². The van der Waals surface area contributed by atoms with Crippen LogP contribution in [0.15, 0.2) is 60.2 Å². The van der Waals surface area contributed by atoms with Crippen LogP contribution in [0.25, 0.3) is 6.08 Å². The van der Waals surface area contributed by atoms with E-state index in [4.69, 9.17) is 5.26 Å². The number of hydrogen-bond acceptors (Lipinski definition) is 2. The van der Waals surface area contributed by atoms with Crippen molar-refractivity contribution in [3.8, 4) is 6.07 Å². The fourth-order valence-corrected chi connectivity index (χ4v) is 1.86. The molecule has 22 heavy (non-hydrogen) atoms. The van der Waals surface area contributed by atoms with Crippen LogP contribution in [0.1, 0.15) is 21.5 Å². The number of alkyl halides is 3. The van der Waals surface area contributed by atoms with E-state index in [1.165, 1.54) is 12.1 Å². The normalized spacial score (nSPS) is 11.8. The zero-order valence-electron chi connectivity index (χ0n) is 11.3. The number of rotatable bonds is 3. The van der Waals surface area contributed by atoms with Gasteiger partial charge in [-0.2, -0.15) is 18.4 Å². The number of carbonyl (C=O) groups is 1. The Morgan fingerprint density at radius 3 is 2.32 bits per heavy atom. The van der Waals surface area contributed by atoms with Gasteiger partial charge in [0.25, 0.3) is 0 Å². The number of ketones is 1. The number of carbonyl (C=O) groups excluding carboxylic acids is 1. The fraction of sp³-hybridized carbons (Fsp3) is 0.0588. The summed E-state index contributed by atoms with van der Waals surface area (Å²) in [4.78, 5) is 12.2. The van der Waals surface area contributed by atoms with Gasteiger partial charge in [0.1, 0.15) is 11.6 Å². The Labute approximate surface area is 125 Å². The highest BCUT2D eigenvalue weighted by Gasteiger charge is 2.31. The molecule has 0 aliphatic carbocycles. The minimum atomic E-state index is -4.54. The molecule has 0 bridgehead atoms. The molecule has 0 radical (unpaired) electrons. The Morgan fingerprint density at radius 2 is 1.73 bits per heavy atom. The predicted octanol–water partition coefficient (Wildman–Crippen LogP) is 4.50. The molecule has 0 aliphatic rings. The molecule has 0 saturated carbocycles. The molecule has 5 heteroatoms. The second-order valence-corrected chi connectivity index (χ2v) is 4.49. The average molecular weight is 301 g/mol. The molecule has 0 aliphatic heterocycles. The van der Waals surface area contributed by atoms with E-state index in [-0.39, 0.29) is 11.1 Å². The topological polar surface area (TPSA) is 40.9 Å². The molecule has 0 heterocycles. The first-order chi connectivity index (χ1) is 10.4. The molecule has 0 amide bonds. The van der Waals surface area contributed by atoms with E-state index in [0.29, 0.717) is 5.56 Å². The molecule has 2 nitrogen and oxygen atoms in total. The number of Topliss-reactive ketones (excluding diaryl/α,β-unsaturated/α-hetero) is 1. The van der Waals surface area contributed by atoms with Gasteiger partial charge >= 0.3 is 6.18 Å². The van der Waals surface area contributed by atoms with E-state index < -0.39 is 17.5 Å². The summed E-state index contributed by atoms with van der Waals surface area (Å²) in [5, 5.41) is 9.09. The van der Waals surface area contributed by atoms with Gasteiger partial charge in [0, 0.05) is 5.56 Å². The first-order valence-corrected chi connectivity index (χ1v) is 6.30. The van der Waals surface area contributed by atoms with Crippen molar-refractivity contribution < 1.29 is 18.0 Å². The van der Waals surface area contributed by atoms with Gasteiger partial charge in [-0.25, -0.2) is 0 Å². The van der Waals surface area contributed by atoms with Gasteiger partial charge in [0.2, 0.25) is 5.78 Å². The molecule has 2 aromatic carbocycles. The van der Waals surface area contributed by atoms with Gasteiger partial charge in [-0.15, -0.1) is 0 Å². The van der Waals surface area contributed by atoms with Gasteiger partial charge in [0.15, 0.2) is 0 Å². The van der Waals surface area contributed by atoms with Crippen molar-refractivity contribution in [2.45, 2.75) is 6.18 Å². The summed E-state index contributed by atoms with van der Waals surface area (Å²) in [5.74, 6) is -0.738. The Kier molecular flexibility index (Phi) is 4.42. The monoisotopic (exact) mass is 301 g/mol. The number of nitriles is 1. The van der Waals surface area contributed by atoms with E-state index in [0.717, 1.165) is 18.2 Å². The maximum atomic E-state index is 12.7. The summed E-state index contributed by atoms with van der Waals surface area (Å²) in [6.45, 7) is 0. The quantitative estimate of drug-likeness (QED) is 0.476. The Morgan fingerprint density at radius 1 is 1.05 bits per heavy atom. The first-order valence-electron chi connectivity index (χ1n) is 6.30. The summed E-state index contributed by atoms with van der Waals surface area (Å²) >= 11 is 0. The number of benzene rings is 2. The lowest BCUT2D eigenvalue weighted by Crippen LogP contribution is -2.08. The van der Waals surface area contributed by atoms with Crippen molar-refractivity contribution in [2.24, 2.45) is 0 Å². The first kappa shape index (κ1) is 15.5. The molecular weight excluding hydrogens is 291 g/mol. The van der Waals surface area contributed by atoms with Gasteiger partial charge < -0.3 is 0 Å². The maximum absolute atomic E-state index is 12.7. The van der Waals surface area contributed by atoms with Crippen LogP contribution in [0.3, 0.4) is 0 Å². The van der Waals surface area contributed by atoms with Crippen LogP contribution in [0.2, 0.25) is 0 Å². The van der Waals surface area contributed by atoms with E-state index in [1.54, 1.807) is 36.4 Å². The third-order valence-corrected chi connectivity index (χ3v) is 2.93. The van der Waals surface area contributed by atoms with Crippen molar-refractivity contribution in [3.05, 3.63) is 76.9 Å². The van der Waals surface area contributed by atoms with Crippen LogP contribution in [0.5, 0.6) is 0 Å². The minimum Gasteiger partial charge on any atom is -0.288 e. The smallest absolute Gasteiger partial charge is 0.288 e. The zero-order chi connectivity index (χ0) is 16.2. The van der Waals surface area contributed by atoms with Gasteiger partial charge in [-0.3, -0.25) is 4.79 Å². The number of halogens is 3. The second-order valence-electron chi connectivity index (χ2n) is 4.49. The summed E-state index contributed by atoms with van der Waals surface area (Å²) in [6, 6.07) is 14.4. The van der Waals surface area contributed by atoms with E-state index in [2.05, 4.69) is 0 Å². The molecule has 0 aromatic heterocycles. The number of nitrogens with zero attached hydrogens (tertiary/aromatic N) is 1. The number of allylic oxidation sites excluding steroid dienone is 1. The Hall–Kier alpha value is -2.87. The lowest BCUT2D eigenvalue weighted by atomic mass is 10.00. The number of hydrogen-bond donors (Lipinski definition) is 0. The summed E-state index contributed by atoms with van der Waals surface area (Å²) in [5.41, 5.74) is -0.682. The van der Waals surface area contributed by atoms with Crippen molar-refractivity contribution in [1.29, 1.82) is 5.26 Å². The lowest BCUT2D eigenvalue weighted by molar-refractivity contribution is -0.137. The van der Waals surface area contributed by atoms with Crippen LogP contribution in [0, 0.1) is 11.3 Å². The minimum absolute atomic E-state index is 0.168. The van der Waals surface area contributed by atoms with Gasteiger partial charge in [-0.1, -0.05) is 42.5 Å². The Bertz CT molecular complexity index is 755. The van der Waals surface area contributed by atoms with E-state index >= 15 is 0 Å². The summed E-state index contributed by atoms with van der Waals surface area (Å²) < 4.78 is 38.0. The largest absolute Gasteiger partial charge is 0.416 e. The van der Waals surface area contributed by atoms with Gasteiger partial charge in [-0.05, 0) is 23.8 Å². The van der Waals surface area contributed by atoms with Crippen molar-refractivity contribution in [3.63, 3.8) is 0 Å². The zero-order valence-corrected chi connectivity index (χ0v) is 11.3. The van der Waals surface area contributed by atoms with Crippen molar-refractivity contribution in [2.75, 3.05) is 0 Å². The highest BCUT2D eigenvalue weighted by molar-refractivity contribution is 6.14. The van der Waals surface area contributed by atoms with Crippen LogP contribution in [-0.4, -0.2) is 5.78 Å². The molecular formula is C17H10F3NO. The molecule has 0 N–H and O–H groups in total. The predicted molar refractivity (Wildman–Crippen MR) is 75.8 cm³/mol. The molecule has 0 fully saturated rings. The summed E-state index contributed by atoms with van der Waals surface area (Å²) in [6.07, 6.45) is -3.19. The van der Waals surface area contributed by atoms with Crippen LogP contribution in [-0.2, 0) is 6.18 Å².